The number of likely N-dealkylation sites (N-methyl/N-ethyl adjacent to an activating group) is 1. The van der Waals surface area contributed by atoms with Crippen molar-refractivity contribution in [3.8, 4) is 23.0 Å². The molecule has 0 radical (unpaired) electrons. The number of ether oxygens (including phenoxy) is 5. The van der Waals surface area contributed by atoms with Gasteiger partial charge in [-0.1, -0.05) is 94.9 Å². The molecule has 2 aromatic carbocycles. The maximum absolute atomic E-state index is 14.1. The lowest BCUT2D eigenvalue weighted by atomic mass is 9.55. The molecule has 62 heavy (non-hydrogen) atoms. The molecule has 0 bridgehead atoms. The second-order valence-corrected chi connectivity index (χ2v) is 17.0. The summed E-state index contributed by atoms with van der Waals surface area (Å²) in [7, 11) is 4.80. The van der Waals surface area contributed by atoms with Crippen LogP contribution < -0.4 is 14.2 Å². The molecule has 0 spiro atoms. The van der Waals surface area contributed by atoms with Crippen molar-refractivity contribution >= 4 is 18.1 Å². The van der Waals surface area contributed by atoms with E-state index in [1.54, 1.807) is 36.2 Å². The highest BCUT2D eigenvalue weighted by Crippen LogP contribution is 2.62. The van der Waals surface area contributed by atoms with Crippen molar-refractivity contribution in [1.82, 2.24) is 4.90 Å². The molecule has 5 rings (SSSR count). The summed E-state index contributed by atoms with van der Waals surface area (Å²) in [4.78, 5) is 33.1. The molecule has 1 amide bonds. The maximum Gasteiger partial charge on any atom is 0.409 e. The van der Waals surface area contributed by atoms with Crippen molar-refractivity contribution < 1.29 is 48.3 Å². The molecule has 1 fully saturated rings. The Morgan fingerprint density at radius 2 is 1.60 bits per heavy atom. The van der Waals surface area contributed by atoms with Gasteiger partial charge in [0.2, 0.25) is 5.79 Å². The van der Waals surface area contributed by atoms with Gasteiger partial charge < -0.3 is 43.6 Å². The van der Waals surface area contributed by atoms with Gasteiger partial charge in [-0.05, 0) is 85.9 Å². The van der Waals surface area contributed by atoms with Gasteiger partial charge in [-0.3, -0.25) is 4.79 Å². The summed E-state index contributed by atoms with van der Waals surface area (Å²) in [5.41, 5.74) is 2.94. The average molecular weight is 861 g/mol. The molecule has 6 atom stereocenters. The Morgan fingerprint density at radius 3 is 2.26 bits per heavy atom. The van der Waals surface area contributed by atoms with Crippen LogP contribution in [0.5, 0.6) is 23.0 Å². The zero-order valence-electron chi connectivity index (χ0n) is 37.7. The van der Waals surface area contributed by atoms with E-state index in [4.69, 9.17) is 28.5 Å². The van der Waals surface area contributed by atoms with Gasteiger partial charge in [0.25, 0.3) is 0 Å². The summed E-state index contributed by atoms with van der Waals surface area (Å²) >= 11 is 0. The average Bonchev–Trinajstić information content (AvgIpc) is 3.28. The van der Waals surface area contributed by atoms with Crippen LogP contribution in [0.1, 0.15) is 138 Å². The number of allylic oxidation sites excluding steroid dienone is 1. The maximum atomic E-state index is 14.1. The van der Waals surface area contributed by atoms with Crippen molar-refractivity contribution in [2.75, 3.05) is 47.7 Å². The van der Waals surface area contributed by atoms with E-state index in [1.807, 2.05) is 18.2 Å². The van der Waals surface area contributed by atoms with E-state index in [-0.39, 0.29) is 44.0 Å². The van der Waals surface area contributed by atoms with Crippen molar-refractivity contribution in [2.45, 2.75) is 134 Å². The second-order valence-electron chi connectivity index (χ2n) is 17.0. The highest BCUT2D eigenvalue weighted by Gasteiger charge is 2.65. The Balaban J connectivity index is 1.53. The zero-order chi connectivity index (χ0) is 44.3. The number of aldehydes is 1. The summed E-state index contributed by atoms with van der Waals surface area (Å²) in [6.45, 7) is 6.91. The molecule has 2 aliphatic carbocycles. The molecule has 12 nitrogen and oxygen atoms in total. The van der Waals surface area contributed by atoms with E-state index < -0.39 is 23.8 Å². The third kappa shape index (κ3) is 12.0. The van der Waals surface area contributed by atoms with Gasteiger partial charge in [0, 0.05) is 38.2 Å². The Labute approximate surface area is 369 Å². The number of rotatable bonds is 28. The normalized spacial score (nSPS) is 23.0. The predicted molar refractivity (Wildman–Crippen MR) is 241 cm³/mol. The molecule has 0 saturated heterocycles. The number of hydrogen-bond acceptors (Lipinski definition) is 11. The number of methoxy groups -OCH3 is 1. The largest absolute Gasteiger partial charge is 0.496 e. The van der Waals surface area contributed by atoms with Gasteiger partial charge in [0.15, 0.2) is 6.29 Å². The highest BCUT2D eigenvalue weighted by molar-refractivity contribution is 6.03. The number of aliphatic hydroxyl groups excluding tert-OH is 2. The second kappa shape index (κ2) is 25.0. The minimum Gasteiger partial charge on any atom is -0.496 e. The van der Waals surface area contributed by atoms with Crippen LogP contribution in [-0.2, 0) is 14.3 Å². The topological polar surface area (TPSA) is 146 Å². The summed E-state index contributed by atoms with van der Waals surface area (Å²) in [6.07, 6.45) is 21.0. The number of hydrogen-bond donors (Lipinski definition) is 2. The summed E-state index contributed by atoms with van der Waals surface area (Å²) in [6, 6.07) is 10.2. The van der Waals surface area contributed by atoms with E-state index >= 15 is 0 Å². The molecule has 342 valence electrons. The van der Waals surface area contributed by atoms with Gasteiger partial charge >= 0.3 is 6.09 Å². The Morgan fingerprint density at radius 1 is 0.919 bits per heavy atom. The lowest BCUT2D eigenvalue weighted by Crippen LogP contribution is -2.69. The molecule has 0 aromatic heterocycles. The molecular formula is C50H72N2O10. The first kappa shape index (κ1) is 48.6. The first-order valence-corrected chi connectivity index (χ1v) is 23.1. The number of carbonyl (C=O) groups is 2. The molecule has 1 saturated carbocycles. The first-order chi connectivity index (χ1) is 30.3. The number of amides is 1. The number of fused-ring (bicyclic) bond motifs is 2. The zero-order valence-corrected chi connectivity index (χ0v) is 37.7. The van der Waals surface area contributed by atoms with Crippen molar-refractivity contribution in [1.29, 1.82) is 0 Å². The summed E-state index contributed by atoms with van der Waals surface area (Å²) in [5, 5.41) is 24.4. The van der Waals surface area contributed by atoms with E-state index in [0.717, 1.165) is 62.4 Å². The van der Waals surface area contributed by atoms with Crippen LogP contribution in [0, 0.1) is 17.8 Å². The van der Waals surface area contributed by atoms with Crippen LogP contribution in [0.15, 0.2) is 65.9 Å². The van der Waals surface area contributed by atoms with Gasteiger partial charge in [-0.2, -0.15) is 0 Å². The van der Waals surface area contributed by atoms with Crippen molar-refractivity contribution in [3.63, 3.8) is 0 Å². The van der Waals surface area contributed by atoms with E-state index in [1.165, 1.54) is 59.2 Å². The number of aliphatic hydroxyl groups is 2. The lowest BCUT2D eigenvalue weighted by molar-refractivity contribution is -0.253. The Hall–Kier alpha value is -4.39. The quantitative estimate of drug-likeness (QED) is 0.0367. The minimum absolute atomic E-state index is 0.0531. The lowest BCUT2D eigenvalue weighted by Gasteiger charge is -2.59. The fourth-order valence-corrected chi connectivity index (χ4v) is 9.88. The van der Waals surface area contributed by atoms with Gasteiger partial charge in [-0.15, -0.1) is 6.58 Å². The van der Waals surface area contributed by atoms with E-state index in [9.17, 15) is 19.8 Å². The van der Waals surface area contributed by atoms with Crippen LogP contribution in [0.4, 0.5) is 4.79 Å². The fourth-order valence-electron chi connectivity index (χ4n) is 9.88. The third-order valence-electron chi connectivity index (χ3n) is 12.9. The molecule has 1 aliphatic heterocycles. The summed E-state index contributed by atoms with van der Waals surface area (Å²) < 4.78 is 31.9. The van der Waals surface area contributed by atoms with E-state index in [0.29, 0.717) is 53.7 Å². The molecule has 3 aliphatic rings. The molecule has 2 N–H and O–H groups in total. The summed E-state index contributed by atoms with van der Waals surface area (Å²) in [5.74, 6) is 0.189. The standard InChI is InChI=1S/C50H72N2O10/c1-6-8-9-10-11-12-13-14-15-20-30-59-49(56)52(3)46-34-43(51-58-5)41-32-36(21-16-18-27-53)40(22-17-19-28-54)47-42-33-39(61-38-23-25-44(57-4)37(31-38)35-55)24-26-45(42)62-50(46,48(41)47)60-29-7-2/h7,23-26,31-33,35-36,40,46-48,53-54H,2,6,8-22,27-30,34H2,1,3-5H3/t36-,40+,46-,47+,48+,50+/m0/s1. The first-order valence-electron chi connectivity index (χ1n) is 23.1. The molecule has 12 heteroatoms. The van der Waals surface area contributed by atoms with E-state index in [2.05, 4.69) is 24.7 Å². The number of oxime groups is 1. The molecular weight excluding hydrogens is 789 g/mol. The Bertz CT molecular complexity index is 1800. The molecule has 2 aromatic rings. The van der Waals surface area contributed by atoms with Crippen molar-refractivity contribution in [2.24, 2.45) is 22.9 Å². The number of carbonyl (C=O) groups excluding carboxylic acids is 2. The number of benzene rings is 2. The molecule has 0 unspecified atom stereocenters. The highest BCUT2D eigenvalue weighted by atomic mass is 16.7. The van der Waals surface area contributed by atoms with Crippen LogP contribution in [-0.4, -0.2) is 92.7 Å². The SMILES string of the molecule is C=CCO[C@@]12Oc3ccc(Oc4ccc(OC)c(C=O)c4)cc3[C@H]3[C@H](CCCCO)[C@@H](CCCCO)C=C(C(=NOC)C[C@@H]1N(C)C(=O)OCCCCCCCCCCCC)[C@H]32. The molecule has 1 heterocycles. The van der Waals surface area contributed by atoms with Crippen LogP contribution in [0.3, 0.4) is 0 Å². The third-order valence-corrected chi connectivity index (χ3v) is 12.9. The van der Waals surface area contributed by atoms with Crippen LogP contribution >= 0.6 is 0 Å². The number of unbranched alkanes of at least 4 members (excludes halogenated alkanes) is 11. The fraction of sp³-hybridized carbons (Fsp3) is 0.620. The Kier molecular flexibility index (Phi) is 19.6. The van der Waals surface area contributed by atoms with Crippen molar-refractivity contribution in [3.05, 3.63) is 71.8 Å². The van der Waals surface area contributed by atoms with Crippen LogP contribution in [0.25, 0.3) is 0 Å². The predicted octanol–water partition coefficient (Wildman–Crippen LogP) is 10.6. The van der Waals surface area contributed by atoms with Gasteiger partial charge in [0.05, 0.1) is 37.5 Å². The number of nitrogens with zero attached hydrogens (tertiary/aromatic N) is 2. The minimum atomic E-state index is -1.38. The van der Waals surface area contributed by atoms with Crippen LogP contribution in [0.2, 0.25) is 0 Å². The van der Waals surface area contributed by atoms with Gasteiger partial charge in [0.1, 0.15) is 36.1 Å². The van der Waals surface area contributed by atoms with Gasteiger partial charge in [-0.25, -0.2) is 4.79 Å². The smallest absolute Gasteiger partial charge is 0.409 e. The monoisotopic (exact) mass is 861 g/mol.